The summed E-state index contributed by atoms with van der Waals surface area (Å²) >= 11 is 0. The Bertz CT molecular complexity index is 644. The van der Waals surface area contributed by atoms with Gasteiger partial charge in [0, 0.05) is 44.8 Å². The van der Waals surface area contributed by atoms with Crippen molar-refractivity contribution in [1.29, 1.82) is 0 Å². The van der Waals surface area contributed by atoms with Crippen molar-refractivity contribution >= 4 is 10.0 Å². The van der Waals surface area contributed by atoms with Gasteiger partial charge in [-0.2, -0.15) is 0 Å². The maximum Gasteiger partial charge on any atom is 0.217 e. The molecule has 6 N–H and O–H groups in total. The van der Waals surface area contributed by atoms with Crippen LogP contribution in [0.4, 0.5) is 0 Å². The Morgan fingerprint density at radius 3 is 2.79 bits per heavy atom. The summed E-state index contributed by atoms with van der Waals surface area (Å²) in [5.41, 5.74) is 12.8. The second-order valence-corrected chi connectivity index (χ2v) is 11.2. The second kappa shape index (κ2) is 8.43. The first-order valence-electron chi connectivity index (χ1n) is 10.8. The van der Waals surface area contributed by atoms with E-state index in [1.54, 1.807) is 0 Å². The van der Waals surface area contributed by atoms with Gasteiger partial charge in [-0.1, -0.05) is 6.42 Å². The highest BCUT2D eigenvalue weighted by atomic mass is 32.2. The van der Waals surface area contributed by atoms with E-state index in [4.69, 9.17) is 5.73 Å². The Labute approximate surface area is 169 Å². The molecule has 0 aromatic heterocycles. The molecule has 0 aromatic rings. The summed E-state index contributed by atoms with van der Waals surface area (Å²) in [6.07, 6.45) is 5.35. The van der Waals surface area contributed by atoms with E-state index in [9.17, 15) is 8.42 Å². The van der Waals surface area contributed by atoms with E-state index < -0.39 is 15.3 Å². The van der Waals surface area contributed by atoms with Gasteiger partial charge in [-0.25, -0.2) is 23.2 Å². The van der Waals surface area contributed by atoms with Crippen molar-refractivity contribution in [3.8, 4) is 0 Å². The number of hydrogen-bond acceptors (Lipinski definition) is 8. The largest absolute Gasteiger partial charge is 0.328 e. The van der Waals surface area contributed by atoms with Crippen molar-refractivity contribution in [2.75, 3.05) is 33.2 Å². The van der Waals surface area contributed by atoms with Gasteiger partial charge in [0.15, 0.2) is 0 Å². The fourth-order valence-electron chi connectivity index (χ4n) is 5.53. The molecule has 1 saturated carbocycles. The van der Waals surface area contributed by atoms with Crippen LogP contribution in [0.15, 0.2) is 0 Å². The Kier molecular flexibility index (Phi) is 6.30. The molecule has 0 amide bonds. The van der Waals surface area contributed by atoms with Crippen LogP contribution in [0.5, 0.6) is 0 Å². The van der Waals surface area contributed by atoms with E-state index in [0.717, 1.165) is 38.8 Å². The van der Waals surface area contributed by atoms with Crippen LogP contribution in [0.2, 0.25) is 0 Å². The number of nitrogens with one attached hydrogen (secondary N) is 4. The third-order valence-electron chi connectivity index (χ3n) is 7.25. The molecule has 4 aliphatic rings. The summed E-state index contributed by atoms with van der Waals surface area (Å²) < 4.78 is 29.4. The number of likely N-dealkylation sites (N-methyl/N-ethyl adjacent to an activating group) is 1. The number of fused-ring (bicyclic) bond motifs is 1. The molecule has 1 aliphatic carbocycles. The summed E-state index contributed by atoms with van der Waals surface area (Å²) in [6, 6.07) is 0.415. The van der Waals surface area contributed by atoms with E-state index in [1.165, 1.54) is 6.42 Å². The van der Waals surface area contributed by atoms with Gasteiger partial charge in [0.05, 0.1) is 6.17 Å². The van der Waals surface area contributed by atoms with Gasteiger partial charge >= 0.3 is 0 Å². The number of hydrogen-bond donors (Lipinski definition) is 5. The lowest BCUT2D eigenvalue weighted by Gasteiger charge is -2.38. The molecular weight excluding hydrogens is 378 g/mol. The SMILES string of the molecule is C[C@@H](N)C1CCNC(N2CC(S(=O)(=O)NC3CCCC4CNN(C)C43)CN2)C1. The van der Waals surface area contributed by atoms with Gasteiger partial charge in [0.2, 0.25) is 10.0 Å². The molecule has 3 heterocycles. The van der Waals surface area contributed by atoms with Crippen molar-refractivity contribution in [2.45, 2.75) is 68.6 Å². The van der Waals surface area contributed by atoms with Crippen LogP contribution in [-0.4, -0.2) is 81.2 Å². The zero-order chi connectivity index (χ0) is 19.9. The highest BCUT2D eigenvalue weighted by Gasteiger charge is 2.44. The molecule has 6 unspecified atom stereocenters. The molecule has 4 rings (SSSR count). The lowest BCUT2D eigenvalue weighted by atomic mass is 9.82. The maximum atomic E-state index is 13.1. The summed E-state index contributed by atoms with van der Waals surface area (Å²) in [5.74, 6) is 1.01. The predicted octanol–water partition coefficient (Wildman–Crippen LogP) is -1.25. The molecular formula is C18H37N7O2S. The smallest absolute Gasteiger partial charge is 0.217 e. The Balaban J connectivity index is 1.36. The van der Waals surface area contributed by atoms with E-state index in [-0.39, 0.29) is 24.3 Å². The molecule has 0 spiro atoms. The molecule has 9 nitrogen and oxygen atoms in total. The third kappa shape index (κ3) is 4.24. The number of piperidine rings is 1. The minimum Gasteiger partial charge on any atom is -0.328 e. The fraction of sp³-hybridized carbons (Fsp3) is 1.00. The maximum absolute atomic E-state index is 13.1. The summed E-state index contributed by atoms with van der Waals surface area (Å²) in [6.45, 7) is 4.91. The fourth-order valence-corrected chi connectivity index (χ4v) is 7.06. The average molecular weight is 416 g/mol. The molecule has 0 radical (unpaired) electrons. The topological polar surface area (TPSA) is 115 Å². The first-order valence-corrected chi connectivity index (χ1v) is 12.4. The van der Waals surface area contributed by atoms with E-state index >= 15 is 0 Å². The van der Waals surface area contributed by atoms with Crippen LogP contribution in [0.1, 0.15) is 39.0 Å². The van der Waals surface area contributed by atoms with Gasteiger partial charge in [0.25, 0.3) is 0 Å². The average Bonchev–Trinajstić information content (AvgIpc) is 3.30. The monoisotopic (exact) mass is 415 g/mol. The number of hydrazine groups is 2. The Hall–Kier alpha value is -0.330. The molecule has 162 valence electrons. The Morgan fingerprint density at radius 1 is 1.18 bits per heavy atom. The van der Waals surface area contributed by atoms with Gasteiger partial charge < -0.3 is 11.1 Å². The first-order chi connectivity index (χ1) is 13.3. The zero-order valence-corrected chi connectivity index (χ0v) is 17.9. The highest BCUT2D eigenvalue weighted by molar-refractivity contribution is 7.90. The number of sulfonamides is 1. The minimum absolute atomic E-state index is 0.00641. The van der Waals surface area contributed by atoms with Crippen molar-refractivity contribution in [2.24, 2.45) is 17.6 Å². The van der Waals surface area contributed by atoms with Gasteiger partial charge in [-0.3, -0.25) is 10.9 Å². The van der Waals surface area contributed by atoms with Crippen LogP contribution < -0.4 is 26.6 Å². The third-order valence-corrected chi connectivity index (χ3v) is 9.08. The van der Waals surface area contributed by atoms with Crippen LogP contribution in [0.25, 0.3) is 0 Å². The Morgan fingerprint density at radius 2 is 2.00 bits per heavy atom. The molecule has 0 aromatic carbocycles. The molecule has 0 bridgehead atoms. The van der Waals surface area contributed by atoms with E-state index in [1.807, 2.05) is 7.05 Å². The quantitative estimate of drug-likeness (QED) is 0.379. The van der Waals surface area contributed by atoms with Gasteiger partial charge in [-0.05, 0) is 51.0 Å². The first kappa shape index (κ1) is 20.9. The summed E-state index contributed by atoms with van der Waals surface area (Å²) in [5, 5.41) is 7.27. The molecule has 7 atom stereocenters. The highest BCUT2D eigenvalue weighted by Crippen LogP contribution is 2.31. The van der Waals surface area contributed by atoms with Crippen LogP contribution in [0.3, 0.4) is 0 Å². The molecule has 10 heteroatoms. The van der Waals surface area contributed by atoms with Crippen molar-refractivity contribution in [1.82, 2.24) is 30.9 Å². The van der Waals surface area contributed by atoms with Crippen molar-refractivity contribution in [3.63, 3.8) is 0 Å². The van der Waals surface area contributed by atoms with Gasteiger partial charge in [-0.15, -0.1) is 0 Å². The molecule has 4 fully saturated rings. The van der Waals surface area contributed by atoms with Crippen LogP contribution in [0, 0.1) is 11.8 Å². The number of nitrogens with zero attached hydrogens (tertiary/aromatic N) is 2. The standard InChI is InChI=1S/C18H37N7O2S/c1-12(19)13-6-7-20-17(8-13)25-11-15(10-22-25)28(26,27)23-16-5-3-4-14-9-21-24(2)18(14)16/h12-18,20-23H,3-11,19H2,1-2H3/t12-,13?,14?,15?,16?,17?,18?/m1/s1. The normalized spacial score (nSPS) is 41.8. The van der Waals surface area contributed by atoms with Crippen molar-refractivity contribution < 1.29 is 8.42 Å². The predicted molar refractivity (Wildman–Crippen MR) is 109 cm³/mol. The number of nitrogens with two attached hydrogens (primary N) is 1. The second-order valence-electron chi connectivity index (χ2n) is 9.17. The van der Waals surface area contributed by atoms with Crippen LogP contribution in [-0.2, 0) is 10.0 Å². The lowest BCUT2D eigenvalue weighted by molar-refractivity contribution is 0.0904. The van der Waals surface area contributed by atoms with Crippen LogP contribution >= 0.6 is 0 Å². The van der Waals surface area contributed by atoms with E-state index in [0.29, 0.717) is 24.9 Å². The minimum atomic E-state index is -3.38. The molecule has 3 saturated heterocycles. The van der Waals surface area contributed by atoms with E-state index in [2.05, 4.69) is 37.8 Å². The zero-order valence-electron chi connectivity index (χ0n) is 17.1. The summed E-state index contributed by atoms with van der Waals surface area (Å²) in [7, 11) is -1.36. The number of rotatable bonds is 5. The van der Waals surface area contributed by atoms with Crippen molar-refractivity contribution in [3.05, 3.63) is 0 Å². The molecule has 28 heavy (non-hydrogen) atoms. The summed E-state index contributed by atoms with van der Waals surface area (Å²) in [4.78, 5) is 0. The molecule has 3 aliphatic heterocycles. The lowest BCUT2D eigenvalue weighted by Crippen LogP contribution is -2.56. The van der Waals surface area contributed by atoms with Gasteiger partial charge in [0.1, 0.15) is 5.25 Å².